The number of hydrogen-bond donors (Lipinski definition) is 2. The average molecular weight is 501 g/mol. The van der Waals surface area contributed by atoms with E-state index in [-0.39, 0.29) is 23.3 Å². The van der Waals surface area contributed by atoms with Crippen molar-refractivity contribution in [2.45, 2.75) is 9.24 Å². The molecule has 0 saturated heterocycles. The molecule has 0 fully saturated rings. The van der Waals surface area contributed by atoms with E-state index in [1.54, 1.807) is 62.8 Å². The number of carbonyl (C=O) groups excluding carboxylic acids is 2. The zero-order valence-corrected chi connectivity index (χ0v) is 20.2. The van der Waals surface area contributed by atoms with Gasteiger partial charge in [-0.25, -0.2) is 0 Å². The van der Waals surface area contributed by atoms with Crippen LogP contribution in [0.1, 0.15) is 5.56 Å². The van der Waals surface area contributed by atoms with Crippen LogP contribution in [0.4, 0.5) is 11.4 Å². The highest BCUT2D eigenvalue weighted by atomic mass is 32.2. The van der Waals surface area contributed by atoms with Crippen molar-refractivity contribution in [1.29, 1.82) is 5.26 Å². The molecule has 2 aromatic carbocycles. The second-order valence-electron chi connectivity index (χ2n) is 6.39. The number of amides is 2. The quantitative estimate of drug-likeness (QED) is 0.392. The molecule has 0 atom stereocenters. The summed E-state index contributed by atoms with van der Waals surface area (Å²) in [6, 6.07) is 16.2. The number of aromatic nitrogens is 1. The Bertz CT molecular complexity index is 1060. The molecule has 1 heterocycles. The molecule has 0 bridgehead atoms. The number of nitrogens with one attached hydrogen (secondary N) is 2. The normalized spacial score (nSPS) is 10.2. The van der Waals surface area contributed by atoms with E-state index in [0.29, 0.717) is 37.7 Å². The molecule has 0 aliphatic rings. The van der Waals surface area contributed by atoms with Crippen LogP contribution in [0.3, 0.4) is 0 Å². The summed E-state index contributed by atoms with van der Waals surface area (Å²) in [4.78, 5) is 24.5. The van der Waals surface area contributed by atoms with Crippen LogP contribution < -0.4 is 20.1 Å². The van der Waals surface area contributed by atoms with E-state index in [1.807, 2.05) is 0 Å². The lowest BCUT2D eigenvalue weighted by Crippen LogP contribution is -2.14. The zero-order valence-electron chi connectivity index (χ0n) is 17.8. The van der Waals surface area contributed by atoms with Gasteiger partial charge in [0.2, 0.25) is 11.8 Å². The molecule has 170 valence electrons. The van der Waals surface area contributed by atoms with Crippen molar-refractivity contribution in [1.82, 2.24) is 4.37 Å². The van der Waals surface area contributed by atoms with Crippen molar-refractivity contribution in [3.63, 3.8) is 0 Å². The molecule has 33 heavy (non-hydrogen) atoms. The first-order valence-electron chi connectivity index (χ1n) is 9.55. The lowest BCUT2D eigenvalue weighted by atomic mass is 10.3. The summed E-state index contributed by atoms with van der Waals surface area (Å²) in [6.45, 7) is 0. The number of nitriles is 1. The van der Waals surface area contributed by atoms with Crippen molar-refractivity contribution in [3.8, 4) is 17.6 Å². The Kier molecular flexibility index (Phi) is 9.00. The monoisotopic (exact) mass is 500 g/mol. The summed E-state index contributed by atoms with van der Waals surface area (Å²) in [6.07, 6.45) is 0. The summed E-state index contributed by atoms with van der Waals surface area (Å²) in [7, 11) is 3.15. The smallest absolute Gasteiger partial charge is 0.234 e. The Morgan fingerprint density at radius 3 is 1.85 bits per heavy atom. The lowest BCUT2D eigenvalue weighted by Gasteiger charge is -2.06. The van der Waals surface area contributed by atoms with E-state index in [9.17, 15) is 14.9 Å². The Morgan fingerprint density at radius 1 is 0.909 bits per heavy atom. The maximum absolute atomic E-state index is 12.2. The molecule has 0 radical (unpaired) electrons. The van der Waals surface area contributed by atoms with Gasteiger partial charge in [0.15, 0.2) is 0 Å². The number of thioether (sulfide) groups is 2. The summed E-state index contributed by atoms with van der Waals surface area (Å²) in [5, 5.41) is 15.6. The SMILES string of the molecule is COc1ccc(NC(=O)CSc2nsc(SCC(=O)Nc3ccc(OC)cc3)c2C#N)cc1. The van der Waals surface area contributed by atoms with E-state index in [2.05, 4.69) is 21.1 Å². The number of ether oxygens (including phenoxy) is 2. The molecule has 2 N–H and O–H groups in total. The third-order valence-corrected chi connectivity index (χ3v) is 7.35. The fourth-order valence-electron chi connectivity index (χ4n) is 2.56. The van der Waals surface area contributed by atoms with Gasteiger partial charge in [0.05, 0.1) is 25.7 Å². The maximum atomic E-state index is 12.2. The topological polar surface area (TPSA) is 113 Å². The van der Waals surface area contributed by atoms with Crippen LogP contribution in [0, 0.1) is 11.3 Å². The standard InChI is InChI=1S/C22H20N4O4S3/c1-29-16-7-3-14(4-8-16)24-19(27)12-31-21-18(11-23)22(33-26-21)32-13-20(28)25-15-5-9-17(30-2)10-6-15/h3-10H,12-13H2,1-2H3,(H,24,27)(H,25,28). The van der Waals surface area contributed by atoms with Gasteiger partial charge < -0.3 is 20.1 Å². The molecule has 1 aromatic heterocycles. The van der Waals surface area contributed by atoms with Crippen LogP contribution in [0.15, 0.2) is 57.8 Å². The first kappa shape index (κ1) is 24.4. The fourth-order valence-corrected chi connectivity index (χ4v) is 5.25. The van der Waals surface area contributed by atoms with Gasteiger partial charge in [-0.3, -0.25) is 9.59 Å². The highest BCUT2D eigenvalue weighted by Crippen LogP contribution is 2.34. The van der Waals surface area contributed by atoms with Crippen LogP contribution in [0.5, 0.6) is 11.5 Å². The van der Waals surface area contributed by atoms with Crippen LogP contribution in [-0.4, -0.2) is 41.9 Å². The summed E-state index contributed by atoms with van der Waals surface area (Å²) < 4.78 is 15.1. The van der Waals surface area contributed by atoms with Gasteiger partial charge in [-0.15, -0.1) is 11.8 Å². The molecule has 2 amide bonds. The third kappa shape index (κ3) is 7.15. The zero-order chi connectivity index (χ0) is 23.6. The van der Waals surface area contributed by atoms with Gasteiger partial charge in [-0.05, 0) is 60.1 Å². The maximum Gasteiger partial charge on any atom is 0.234 e. The van der Waals surface area contributed by atoms with Gasteiger partial charge in [-0.2, -0.15) is 9.64 Å². The Labute approximate surface area is 203 Å². The minimum atomic E-state index is -0.213. The van der Waals surface area contributed by atoms with Gasteiger partial charge >= 0.3 is 0 Å². The first-order chi connectivity index (χ1) is 16.0. The predicted molar refractivity (Wildman–Crippen MR) is 132 cm³/mol. The lowest BCUT2D eigenvalue weighted by molar-refractivity contribution is -0.114. The molecule has 0 spiro atoms. The van der Waals surface area contributed by atoms with Crippen molar-refractivity contribution in [2.75, 3.05) is 36.4 Å². The van der Waals surface area contributed by atoms with Gasteiger partial charge in [-0.1, -0.05) is 11.8 Å². The molecule has 8 nitrogen and oxygen atoms in total. The van der Waals surface area contributed by atoms with Crippen LogP contribution >= 0.6 is 35.1 Å². The fraction of sp³-hybridized carbons (Fsp3) is 0.182. The molecular weight excluding hydrogens is 480 g/mol. The average Bonchev–Trinajstić information content (AvgIpc) is 3.24. The molecule has 0 saturated carbocycles. The van der Waals surface area contributed by atoms with E-state index in [1.165, 1.54) is 23.5 Å². The molecule has 0 aliphatic carbocycles. The van der Waals surface area contributed by atoms with Gasteiger partial charge in [0, 0.05) is 11.4 Å². The largest absolute Gasteiger partial charge is 0.497 e. The summed E-state index contributed by atoms with van der Waals surface area (Å²) >= 11 is 3.56. The molecule has 0 aliphatic heterocycles. The summed E-state index contributed by atoms with van der Waals surface area (Å²) in [5.74, 6) is 1.22. The van der Waals surface area contributed by atoms with E-state index in [0.717, 1.165) is 11.5 Å². The molecule has 3 rings (SSSR count). The van der Waals surface area contributed by atoms with E-state index in [4.69, 9.17) is 9.47 Å². The number of carbonyl (C=O) groups is 2. The number of nitrogens with zero attached hydrogens (tertiary/aromatic N) is 2. The third-order valence-electron chi connectivity index (χ3n) is 4.16. The molecular formula is C22H20N4O4S3. The van der Waals surface area contributed by atoms with Crippen LogP contribution in [-0.2, 0) is 9.59 Å². The van der Waals surface area contributed by atoms with Gasteiger partial charge in [0.25, 0.3) is 0 Å². The molecule has 0 unspecified atom stereocenters. The van der Waals surface area contributed by atoms with Crippen molar-refractivity contribution in [2.24, 2.45) is 0 Å². The van der Waals surface area contributed by atoms with Crippen LogP contribution in [0.2, 0.25) is 0 Å². The Hall–Kier alpha value is -3.20. The van der Waals surface area contributed by atoms with Gasteiger partial charge in [0.1, 0.15) is 32.4 Å². The first-order valence-corrected chi connectivity index (χ1v) is 12.3. The Morgan fingerprint density at radius 2 is 1.39 bits per heavy atom. The highest BCUT2D eigenvalue weighted by molar-refractivity contribution is 8.02. The number of hydrogen-bond acceptors (Lipinski definition) is 9. The number of methoxy groups -OCH3 is 2. The second kappa shape index (κ2) is 12.2. The van der Waals surface area contributed by atoms with Crippen molar-refractivity contribution in [3.05, 3.63) is 54.1 Å². The Balaban J connectivity index is 1.50. The molecule has 11 heteroatoms. The number of rotatable bonds is 10. The number of anilines is 2. The molecule has 3 aromatic rings. The minimum Gasteiger partial charge on any atom is -0.497 e. The van der Waals surface area contributed by atoms with E-state index < -0.39 is 0 Å². The second-order valence-corrected chi connectivity index (χ2v) is 9.37. The summed E-state index contributed by atoms with van der Waals surface area (Å²) in [5.41, 5.74) is 1.69. The highest BCUT2D eigenvalue weighted by Gasteiger charge is 2.17. The van der Waals surface area contributed by atoms with E-state index >= 15 is 0 Å². The predicted octanol–water partition coefficient (Wildman–Crippen LogP) is 4.49. The van der Waals surface area contributed by atoms with Crippen LogP contribution in [0.25, 0.3) is 0 Å². The minimum absolute atomic E-state index is 0.104. The van der Waals surface area contributed by atoms with Crippen molar-refractivity contribution < 1.29 is 19.1 Å². The number of benzene rings is 2. The van der Waals surface area contributed by atoms with Crippen molar-refractivity contribution >= 4 is 58.2 Å².